The number of halogens is 3. The molecule has 2 aromatic rings. The summed E-state index contributed by atoms with van der Waals surface area (Å²) in [6, 6.07) is 7.55. The lowest BCUT2D eigenvalue weighted by Crippen LogP contribution is -2.33. The average Bonchev–Trinajstić information content (AvgIpc) is 3.24. The molecule has 4 rings (SSSR count). The molecule has 1 aromatic carbocycles. The van der Waals surface area contributed by atoms with E-state index in [2.05, 4.69) is 22.4 Å². The molecule has 3 heterocycles. The van der Waals surface area contributed by atoms with Gasteiger partial charge in [-0.05, 0) is 61.4 Å². The Labute approximate surface area is 190 Å². The van der Waals surface area contributed by atoms with Crippen LogP contribution in [0.25, 0.3) is 0 Å². The third kappa shape index (κ3) is 5.83. The maximum absolute atomic E-state index is 12.8. The monoisotopic (exact) mass is 463 g/mol. The molecule has 0 spiro atoms. The van der Waals surface area contributed by atoms with E-state index in [4.69, 9.17) is 4.74 Å². The van der Waals surface area contributed by atoms with E-state index in [0.29, 0.717) is 31.7 Å². The number of anilines is 1. The Bertz CT molecular complexity index is 966. The molecule has 2 aliphatic rings. The van der Waals surface area contributed by atoms with Crippen molar-refractivity contribution >= 4 is 11.8 Å². The van der Waals surface area contributed by atoms with Crippen molar-refractivity contribution < 1.29 is 27.8 Å². The van der Waals surface area contributed by atoms with E-state index in [1.807, 2.05) is 0 Å². The molecule has 2 atom stereocenters. The van der Waals surface area contributed by atoms with E-state index in [0.717, 1.165) is 55.9 Å². The van der Waals surface area contributed by atoms with Crippen molar-refractivity contribution in [3.05, 3.63) is 58.8 Å². The second-order valence-electron chi connectivity index (χ2n) is 8.58. The standard InChI is InChI=1S/C24H28F3N3O3/c25-24(26,27)18-8-5-16(6-9-18)21(23(31)32)30-13-11-20(15-30)33-14-2-4-19-10-7-17-3-1-12-28-22(17)29-19/h5-10,20-21H,1-4,11-15H2,(H,28,29)(H,31,32). The van der Waals surface area contributed by atoms with E-state index in [-0.39, 0.29) is 6.10 Å². The van der Waals surface area contributed by atoms with Crippen molar-refractivity contribution in [1.29, 1.82) is 0 Å². The van der Waals surface area contributed by atoms with Gasteiger partial charge in [-0.15, -0.1) is 0 Å². The van der Waals surface area contributed by atoms with E-state index < -0.39 is 23.8 Å². The number of benzene rings is 1. The van der Waals surface area contributed by atoms with Crippen LogP contribution in [0.4, 0.5) is 19.0 Å². The van der Waals surface area contributed by atoms with Crippen LogP contribution >= 0.6 is 0 Å². The Balaban J connectivity index is 1.27. The number of ether oxygens (including phenoxy) is 1. The highest BCUT2D eigenvalue weighted by atomic mass is 19.4. The first-order valence-corrected chi connectivity index (χ1v) is 11.3. The molecule has 0 amide bonds. The van der Waals surface area contributed by atoms with Crippen LogP contribution in [0.5, 0.6) is 0 Å². The van der Waals surface area contributed by atoms with Crippen LogP contribution in [-0.2, 0) is 28.5 Å². The first-order valence-electron chi connectivity index (χ1n) is 11.3. The van der Waals surface area contributed by atoms with E-state index in [9.17, 15) is 23.1 Å². The molecule has 0 saturated carbocycles. The van der Waals surface area contributed by atoms with Gasteiger partial charge in [0.15, 0.2) is 0 Å². The van der Waals surface area contributed by atoms with Gasteiger partial charge in [0, 0.05) is 31.9 Å². The Kier molecular flexibility index (Phi) is 7.19. The predicted molar refractivity (Wildman–Crippen MR) is 117 cm³/mol. The largest absolute Gasteiger partial charge is 0.480 e. The van der Waals surface area contributed by atoms with Crippen molar-refractivity contribution in [2.45, 2.75) is 50.4 Å². The molecule has 1 aromatic heterocycles. The van der Waals surface area contributed by atoms with Crippen molar-refractivity contribution in [2.24, 2.45) is 0 Å². The summed E-state index contributed by atoms with van der Waals surface area (Å²) < 4.78 is 44.4. The average molecular weight is 464 g/mol. The van der Waals surface area contributed by atoms with Gasteiger partial charge in [-0.25, -0.2) is 4.98 Å². The van der Waals surface area contributed by atoms with Crippen LogP contribution in [0.3, 0.4) is 0 Å². The maximum atomic E-state index is 12.8. The molecule has 2 aliphatic heterocycles. The highest BCUT2D eigenvalue weighted by molar-refractivity contribution is 5.75. The zero-order valence-corrected chi connectivity index (χ0v) is 18.3. The number of hydrogen-bond donors (Lipinski definition) is 2. The lowest BCUT2D eigenvalue weighted by Gasteiger charge is -2.25. The lowest BCUT2D eigenvalue weighted by molar-refractivity contribution is -0.143. The SMILES string of the molecule is O=C(O)C(c1ccc(C(F)(F)F)cc1)N1CCC(OCCCc2ccc3c(n2)NCCC3)C1. The molecule has 2 N–H and O–H groups in total. The van der Waals surface area contributed by atoms with Gasteiger partial charge in [-0.2, -0.15) is 13.2 Å². The predicted octanol–water partition coefficient (Wildman–Crippen LogP) is 4.31. The van der Waals surface area contributed by atoms with Gasteiger partial charge in [0.2, 0.25) is 0 Å². The minimum atomic E-state index is -4.45. The molecular weight excluding hydrogens is 435 g/mol. The number of likely N-dealkylation sites (tertiary alicyclic amines) is 1. The van der Waals surface area contributed by atoms with Gasteiger partial charge in [0.05, 0.1) is 11.7 Å². The number of fused-ring (bicyclic) bond motifs is 1. The van der Waals surface area contributed by atoms with Gasteiger partial charge < -0.3 is 15.2 Å². The normalized spacial score (nSPS) is 19.7. The number of rotatable bonds is 8. The molecular formula is C24H28F3N3O3. The van der Waals surface area contributed by atoms with E-state index in [1.165, 1.54) is 17.7 Å². The second kappa shape index (κ2) is 10.1. The number of aliphatic carboxylic acids is 1. The molecule has 2 unspecified atom stereocenters. The summed E-state index contributed by atoms with van der Waals surface area (Å²) in [6.07, 6.45) is -0.0687. The molecule has 6 nitrogen and oxygen atoms in total. The molecule has 0 bridgehead atoms. The number of carboxylic acids is 1. The fourth-order valence-corrected chi connectivity index (χ4v) is 4.50. The summed E-state index contributed by atoms with van der Waals surface area (Å²) in [5.74, 6) is -0.100. The summed E-state index contributed by atoms with van der Waals surface area (Å²) in [5.41, 5.74) is 1.83. The van der Waals surface area contributed by atoms with E-state index in [1.54, 1.807) is 4.90 Å². The van der Waals surface area contributed by atoms with Gasteiger partial charge in [0.1, 0.15) is 11.9 Å². The summed E-state index contributed by atoms with van der Waals surface area (Å²) in [7, 11) is 0. The first-order chi connectivity index (χ1) is 15.8. The quantitative estimate of drug-likeness (QED) is 0.569. The van der Waals surface area contributed by atoms with E-state index >= 15 is 0 Å². The van der Waals surface area contributed by atoms with Gasteiger partial charge in [-0.3, -0.25) is 9.69 Å². The van der Waals surface area contributed by atoms with Gasteiger partial charge >= 0.3 is 12.1 Å². The fourth-order valence-electron chi connectivity index (χ4n) is 4.50. The number of hydrogen-bond acceptors (Lipinski definition) is 5. The third-order valence-corrected chi connectivity index (χ3v) is 6.21. The minimum Gasteiger partial charge on any atom is -0.480 e. The zero-order valence-electron chi connectivity index (χ0n) is 18.3. The summed E-state index contributed by atoms with van der Waals surface area (Å²) in [4.78, 5) is 18.3. The molecule has 178 valence electrons. The number of aromatic nitrogens is 1. The number of carboxylic acid groups (broad SMARTS) is 1. The molecule has 33 heavy (non-hydrogen) atoms. The van der Waals surface area contributed by atoms with Crippen molar-refractivity contribution in [3.63, 3.8) is 0 Å². The zero-order chi connectivity index (χ0) is 23.4. The number of alkyl halides is 3. The molecule has 1 fully saturated rings. The summed E-state index contributed by atoms with van der Waals surface area (Å²) in [5, 5.41) is 13.0. The van der Waals surface area contributed by atoms with Gasteiger partial charge in [-0.1, -0.05) is 18.2 Å². The molecule has 9 heteroatoms. The lowest BCUT2D eigenvalue weighted by atomic mass is 10.0. The molecule has 0 aliphatic carbocycles. The topological polar surface area (TPSA) is 74.7 Å². The smallest absolute Gasteiger partial charge is 0.416 e. The van der Waals surface area contributed by atoms with Crippen molar-refractivity contribution in [3.8, 4) is 0 Å². The van der Waals surface area contributed by atoms with Crippen LogP contribution < -0.4 is 5.32 Å². The van der Waals surface area contributed by atoms with Crippen LogP contribution in [0.2, 0.25) is 0 Å². The number of carbonyl (C=O) groups is 1. The Hall–Kier alpha value is -2.65. The van der Waals surface area contributed by atoms with Crippen LogP contribution in [0, 0.1) is 0 Å². The van der Waals surface area contributed by atoms with Crippen molar-refractivity contribution in [1.82, 2.24) is 9.88 Å². The number of nitrogens with zero attached hydrogens (tertiary/aromatic N) is 2. The Morgan fingerprint density at radius 1 is 1.24 bits per heavy atom. The molecule has 1 saturated heterocycles. The number of nitrogens with one attached hydrogen (secondary N) is 1. The fraction of sp³-hybridized carbons (Fsp3) is 0.500. The van der Waals surface area contributed by atoms with Crippen molar-refractivity contribution in [2.75, 3.05) is 31.6 Å². The number of aryl methyl sites for hydroxylation is 2. The van der Waals surface area contributed by atoms with Crippen LogP contribution in [-0.4, -0.2) is 53.3 Å². The minimum absolute atomic E-state index is 0.0977. The Morgan fingerprint density at radius 3 is 2.76 bits per heavy atom. The summed E-state index contributed by atoms with van der Waals surface area (Å²) >= 11 is 0. The first kappa shape index (κ1) is 23.5. The Morgan fingerprint density at radius 2 is 2.03 bits per heavy atom. The van der Waals surface area contributed by atoms with Crippen LogP contribution in [0.15, 0.2) is 36.4 Å². The molecule has 0 radical (unpaired) electrons. The second-order valence-corrected chi connectivity index (χ2v) is 8.58. The van der Waals surface area contributed by atoms with Gasteiger partial charge in [0.25, 0.3) is 0 Å². The summed E-state index contributed by atoms with van der Waals surface area (Å²) in [6.45, 7) is 2.44. The highest BCUT2D eigenvalue weighted by Gasteiger charge is 2.35. The maximum Gasteiger partial charge on any atom is 0.416 e. The van der Waals surface area contributed by atoms with Crippen LogP contribution in [0.1, 0.15) is 47.7 Å². The number of pyridine rings is 1. The third-order valence-electron chi connectivity index (χ3n) is 6.21. The highest BCUT2D eigenvalue weighted by Crippen LogP contribution is 2.32.